The number of carbonyl (C=O) groups excluding carboxylic acids is 2. The number of rotatable bonds is 8. The van der Waals surface area contributed by atoms with Crippen LogP contribution in [0.15, 0.2) is 54.6 Å². The Balaban J connectivity index is 1.43. The summed E-state index contributed by atoms with van der Waals surface area (Å²) in [5, 5.41) is 15.1. The number of aromatic nitrogens is 2. The molecule has 6 nitrogen and oxygen atoms in total. The summed E-state index contributed by atoms with van der Waals surface area (Å²) in [6, 6.07) is 17.6. The number of benzene rings is 2. The summed E-state index contributed by atoms with van der Waals surface area (Å²) in [5.74, 6) is -0.0625. The van der Waals surface area contributed by atoms with E-state index in [0.717, 1.165) is 17.0 Å². The SMILES string of the molecule is Cc1cccc(C(=O)NCCC(=O)Nc2nnc(CC(C)c3ccccc3)s2)c1. The first kappa shape index (κ1) is 20.7. The quantitative estimate of drug-likeness (QED) is 0.591. The van der Waals surface area contributed by atoms with Gasteiger partial charge in [0.1, 0.15) is 5.01 Å². The van der Waals surface area contributed by atoms with Crippen molar-refractivity contribution in [3.05, 3.63) is 76.3 Å². The van der Waals surface area contributed by atoms with Crippen molar-refractivity contribution in [2.24, 2.45) is 0 Å². The Morgan fingerprint density at radius 2 is 1.86 bits per heavy atom. The van der Waals surface area contributed by atoms with Crippen LogP contribution in [0.4, 0.5) is 5.13 Å². The lowest BCUT2D eigenvalue weighted by molar-refractivity contribution is -0.116. The molecule has 3 rings (SSSR count). The molecule has 0 aliphatic rings. The van der Waals surface area contributed by atoms with Crippen molar-refractivity contribution in [3.8, 4) is 0 Å². The van der Waals surface area contributed by atoms with Gasteiger partial charge in [-0.05, 0) is 30.5 Å². The maximum Gasteiger partial charge on any atom is 0.251 e. The maximum atomic E-state index is 12.1. The van der Waals surface area contributed by atoms with Gasteiger partial charge in [0.05, 0.1) is 0 Å². The summed E-state index contributed by atoms with van der Waals surface area (Å²) in [5.41, 5.74) is 2.85. The van der Waals surface area contributed by atoms with E-state index in [0.29, 0.717) is 16.6 Å². The fraction of sp³-hybridized carbons (Fsp3) is 0.273. The van der Waals surface area contributed by atoms with Crippen molar-refractivity contribution in [2.75, 3.05) is 11.9 Å². The van der Waals surface area contributed by atoms with E-state index in [1.54, 1.807) is 6.07 Å². The van der Waals surface area contributed by atoms with Crippen molar-refractivity contribution in [1.29, 1.82) is 0 Å². The summed E-state index contributed by atoms with van der Waals surface area (Å²) in [7, 11) is 0. The highest BCUT2D eigenvalue weighted by molar-refractivity contribution is 7.15. The topological polar surface area (TPSA) is 84.0 Å². The Bertz CT molecular complexity index is 972. The number of carbonyl (C=O) groups is 2. The van der Waals surface area contributed by atoms with E-state index < -0.39 is 0 Å². The van der Waals surface area contributed by atoms with E-state index in [-0.39, 0.29) is 24.8 Å². The summed E-state index contributed by atoms with van der Waals surface area (Å²) in [4.78, 5) is 24.2. The van der Waals surface area contributed by atoms with Crippen molar-refractivity contribution in [2.45, 2.75) is 32.6 Å². The Labute approximate surface area is 174 Å². The molecule has 2 N–H and O–H groups in total. The summed E-state index contributed by atoms with van der Waals surface area (Å²) < 4.78 is 0. The number of nitrogens with zero attached hydrogens (tertiary/aromatic N) is 2. The zero-order chi connectivity index (χ0) is 20.6. The highest BCUT2D eigenvalue weighted by atomic mass is 32.1. The molecule has 1 unspecified atom stereocenters. The van der Waals surface area contributed by atoms with Crippen LogP contribution in [0.3, 0.4) is 0 Å². The molecule has 1 atom stereocenters. The molecule has 1 aromatic heterocycles. The van der Waals surface area contributed by atoms with Crippen LogP contribution < -0.4 is 10.6 Å². The van der Waals surface area contributed by atoms with E-state index in [1.165, 1.54) is 16.9 Å². The van der Waals surface area contributed by atoms with Crippen molar-refractivity contribution in [3.63, 3.8) is 0 Å². The molecule has 0 bridgehead atoms. The van der Waals surface area contributed by atoms with E-state index in [2.05, 4.69) is 39.9 Å². The molecule has 0 aliphatic carbocycles. The first-order valence-corrected chi connectivity index (χ1v) is 10.3. The number of aryl methyl sites for hydroxylation is 1. The average molecular weight is 409 g/mol. The number of hydrogen-bond acceptors (Lipinski definition) is 5. The third-order valence-corrected chi connectivity index (χ3v) is 5.34. The first-order chi connectivity index (χ1) is 14.0. The predicted molar refractivity (Wildman–Crippen MR) is 115 cm³/mol. The van der Waals surface area contributed by atoms with Gasteiger partial charge in [0.2, 0.25) is 11.0 Å². The fourth-order valence-corrected chi connectivity index (χ4v) is 3.79. The number of hydrogen-bond donors (Lipinski definition) is 2. The molecule has 0 radical (unpaired) electrons. The van der Waals surface area contributed by atoms with Gasteiger partial charge in [0.25, 0.3) is 5.91 Å². The van der Waals surface area contributed by atoms with Crippen LogP contribution in [0.25, 0.3) is 0 Å². The molecular formula is C22H24N4O2S. The van der Waals surface area contributed by atoms with Gasteiger partial charge >= 0.3 is 0 Å². The van der Waals surface area contributed by atoms with Gasteiger partial charge in [-0.25, -0.2) is 0 Å². The molecule has 1 heterocycles. The average Bonchev–Trinajstić information content (AvgIpc) is 3.15. The smallest absolute Gasteiger partial charge is 0.251 e. The second-order valence-electron chi connectivity index (χ2n) is 6.94. The van der Waals surface area contributed by atoms with Crippen LogP contribution in [0.1, 0.15) is 45.8 Å². The second-order valence-corrected chi connectivity index (χ2v) is 8.00. The lowest BCUT2D eigenvalue weighted by Crippen LogP contribution is -2.27. The van der Waals surface area contributed by atoms with Gasteiger partial charge in [-0.1, -0.05) is 66.3 Å². The van der Waals surface area contributed by atoms with Crippen molar-refractivity contribution in [1.82, 2.24) is 15.5 Å². The van der Waals surface area contributed by atoms with Gasteiger partial charge in [-0.15, -0.1) is 10.2 Å². The zero-order valence-electron chi connectivity index (χ0n) is 16.5. The zero-order valence-corrected chi connectivity index (χ0v) is 17.3. The second kappa shape index (κ2) is 9.93. The molecule has 7 heteroatoms. The van der Waals surface area contributed by atoms with Crippen LogP contribution in [0, 0.1) is 6.92 Å². The van der Waals surface area contributed by atoms with E-state index in [1.807, 2.05) is 43.3 Å². The highest BCUT2D eigenvalue weighted by Crippen LogP contribution is 2.24. The molecule has 2 amide bonds. The molecule has 3 aromatic rings. The van der Waals surface area contributed by atoms with Crippen LogP contribution >= 0.6 is 11.3 Å². The minimum absolute atomic E-state index is 0.173. The third kappa shape index (κ3) is 6.22. The Hall–Kier alpha value is -3.06. The van der Waals surface area contributed by atoms with Crippen LogP contribution in [-0.2, 0) is 11.2 Å². The van der Waals surface area contributed by atoms with Crippen LogP contribution in [0.2, 0.25) is 0 Å². The fourth-order valence-electron chi connectivity index (χ4n) is 2.91. The van der Waals surface area contributed by atoms with E-state index in [4.69, 9.17) is 0 Å². The summed E-state index contributed by atoms with van der Waals surface area (Å²) in [6.07, 6.45) is 0.941. The maximum absolute atomic E-state index is 12.1. The van der Waals surface area contributed by atoms with Crippen molar-refractivity contribution < 1.29 is 9.59 Å². The van der Waals surface area contributed by atoms with Gasteiger partial charge in [0, 0.05) is 24.9 Å². The number of amides is 2. The van der Waals surface area contributed by atoms with Gasteiger partial charge < -0.3 is 10.6 Å². The molecule has 2 aromatic carbocycles. The summed E-state index contributed by atoms with van der Waals surface area (Å²) in [6.45, 7) is 4.34. The first-order valence-electron chi connectivity index (χ1n) is 9.53. The minimum atomic E-state index is -0.201. The minimum Gasteiger partial charge on any atom is -0.352 e. The standard InChI is InChI=1S/C22H24N4O2S/c1-15-7-6-10-18(13-15)21(28)23-12-11-19(27)24-22-26-25-20(29-22)14-16(2)17-8-4-3-5-9-17/h3-10,13,16H,11-12,14H2,1-2H3,(H,23,28)(H,24,26,27). The summed E-state index contributed by atoms with van der Waals surface area (Å²) >= 11 is 1.38. The molecule has 0 fully saturated rings. The number of nitrogens with one attached hydrogen (secondary N) is 2. The molecule has 0 saturated carbocycles. The van der Waals surface area contributed by atoms with Gasteiger partial charge in [0.15, 0.2) is 0 Å². The van der Waals surface area contributed by atoms with Crippen LogP contribution in [-0.4, -0.2) is 28.6 Å². The molecule has 0 saturated heterocycles. The van der Waals surface area contributed by atoms with Crippen molar-refractivity contribution >= 4 is 28.3 Å². The molecular weight excluding hydrogens is 384 g/mol. The molecule has 29 heavy (non-hydrogen) atoms. The molecule has 150 valence electrons. The number of anilines is 1. The van der Waals surface area contributed by atoms with Gasteiger partial charge in [-0.3, -0.25) is 9.59 Å². The lowest BCUT2D eigenvalue weighted by Gasteiger charge is -2.08. The molecule has 0 spiro atoms. The van der Waals surface area contributed by atoms with Gasteiger partial charge in [-0.2, -0.15) is 0 Å². The highest BCUT2D eigenvalue weighted by Gasteiger charge is 2.13. The Morgan fingerprint density at radius 3 is 2.62 bits per heavy atom. The normalized spacial score (nSPS) is 11.7. The predicted octanol–water partition coefficient (Wildman–Crippen LogP) is 3.95. The Morgan fingerprint density at radius 1 is 1.07 bits per heavy atom. The third-order valence-electron chi connectivity index (χ3n) is 4.48. The molecule has 0 aliphatic heterocycles. The Kier molecular flexibility index (Phi) is 7.08. The van der Waals surface area contributed by atoms with E-state index >= 15 is 0 Å². The van der Waals surface area contributed by atoms with Crippen LogP contribution in [0.5, 0.6) is 0 Å². The monoisotopic (exact) mass is 408 g/mol. The largest absolute Gasteiger partial charge is 0.352 e. The van der Waals surface area contributed by atoms with E-state index in [9.17, 15) is 9.59 Å². The lowest BCUT2D eigenvalue weighted by atomic mass is 9.98.